The molecule has 2 atom stereocenters. The predicted octanol–water partition coefficient (Wildman–Crippen LogP) is 1.26. The van der Waals surface area contributed by atoms with Gasteiger partial charge in [0.2, 0.25) is 5.91 Å². The molecule has 0 saturated carbocycles. The van der Waals surface area contributed by atoms with Crippen LogP contribution in [0.3, 0.4) is 0 Å². The third-order valence-electron chi connectivity index (χ3n) is 4.18. The first kappa shape index (κ1) is 15.0. The van der Waals surface area contributed by atoms with Gasteiger partial charge in [0.25, 0.3) is 5.91 Å². The van der Waals surface area contributed by atoms with Crippen LogP contribution in [0.1, 0.15) is 25.7 Å². The van der Waals surface area contributed by atoms with Crippen molar-refractivity contribution in [3.05, 3.63) is 24.3 Å². The lowest BCUT2D eigenvalue weighted by atomic mass is 10.2. The Morgan fingerprint density at radius 1 is 1.32 bits per heavy atom. The van der Waals surface area contributed by atoms with E-state index in [0.29, 0.717) is 25.1 Å². The highest BCUT2D eigenvalue weighted by atomic mass is 16.5. The van der Waals surface area contributed by atoms with E-state index in [1.54, 1.807) is 4.90 Å². The first-order valence-electron chi connectivity index (χ1n) is 7.74. The van der Waals surface area contributed by atoms with E-state index in [9.17, 15) is 9.59 Å². The summed E-state index contributed by atoms with van der Waals surface area (Å²) in [6.45, 7) is 1.21. The summed E-state index contributed by atoms with van der Waals surface area (Å²) >= 11 is 0. The molecule has 6 heteroatoms. The van der Waals surface area contributed by atoms with Crippen molar-refractivity contribution in [2.75, 3.05) is 23.3 Å². The van der Waals surface area contributed by atoms with E-state index in [-0.39, 0.29) is 17.9 Å². The van der Waals surface area contributed by atoms with E-state index in [1.165, 1.54) is 0 Å². The molecule has 0 aromatic heterocycles. The first-order chi connectivity index (χ1) is 10.7. The van der Waals surface area contributed by atoms with Crippen molar-refractivity contribution < 1.29 is 14.3 Å². The third-order valence-corrected chi connectivity index (χ3v) is 4.18. The van der Waals surface area contributed by atoms with Gasteiger partial charge in [0.1, 0.15) is 6.10 Å². The summed E-state index contributed by atoms with van der Waals surface area (Å²) in [6.07, 6.45) is 2.60. The molecule has 2 saturated heterocycles. The summed E-state index contributed by atoms with van der Waals surface area (Å²) in [5, 5.41) is 2.85. The highest BCUT2D eigenvalue weighted by molar-refractivity contribution is 5.97. The van der Waals surface area contributed by atoms with E-state index in [2.05, 4.69) is 5.32 Å². The minimum atomic E-state index is -0.423. The summed E-state index contributed by atoms with van der Waals surface area (Å²) in [5.74, 6) is 0.0184. The minimum Gasteiger partial charge on any atom is -0.364 e. The standard InChI is InChI=1S/C16H21N3O3/c17-10-13-7-8-14(22-13)16(21)18-11-3-5-12(6-4-11)19-9-1-2-15(19)20/h3-6,13-14H,1-2,7-10,17H2,(H,18,21)/t13-,14+/m1/s1. The Hall–Kier alpha value is -1.92. The molecule has 118 valence electrons. The summed E-state index contributed by atoms with van der Waals surface area (Å²) in [6, 6.07) is 7.34. The Bertz CT molecular complexity index is 558. The van der Waals surface area contributed by atoms with Gasteiger partial charge in [0, 0.05) is 30.9 Å². The molecule has 3 rings (SSSR count). The summed E-state index contributed by atoms with van der Waals surface area (Å²) in [5.41, 5.74) is 7.13. The number of ether oxygens (including phenoxy) is 1. The number of hydrogen-bond donors (Lipinski definition) is 2. The van der Waals surface area contributed by atoms with Crippen LogP contribution in [0, 0.1) is 0 Å². The average molecular weight is 303 g/mol. The molecule has 2 aliphatic heterocycles. The molecule has 3 N–H and O–H groups in total. The first-order valence-corrected chi connectivity index (χ1v) is 7.74. The van der Waals surface area contributed by atoms with Crippen LogP contribution in [0.15, 0.2) is 24.3 Å². The Labute approximate surface area is 129 Å². The van der Waals surface area contributed by atoms with E-state index >= 15 is 0 Å². The molecular formula is C16H21N3O3. The molecule has 1 aromatic carbocycles. The molecule has 6 nitrogen and oxygen atoms in total. The fourth-order valence-corrected chi connectivity index (χ4v) is 2.94. The number of carbonyl (C=O) groups excluding carboxylic acids is 2. The average Bonchev–Trinajstić information content (AvgIpc) is 3.17. The zero-order chi connectivity index (χ0) is 15.5. The number of nitrogens with two attached hydrogens (primary N) is 1. The second-order valence-electron chi connectivity index (χ2n) is 5.74. The van der Waals surface area contributed by atoms with E-state index in [4.69, 9.17) is 10.5 Å². The van der Waals surface area contributed by atoms with Gasteiger partial charge in [0.15, 0.2) is 0 Å². The molecule has 0 radical (unpaired) electrons. The summed E-state index contributed by atoms with van der Waals surface area (Å²) < 4.78 is 5.57. The normalized spacial score (nSPS) is 24.8. The molecule has 2 fully saturated rings. The molecule has 22 heavy (non-hydrogen) atoms. The van der Waals surface area contributed by atoms with Crippen LogP contribution in [0.25, 0.3) is 0 Å². The zero-order valence-electron chi connectivity index (χ0n) is 12.5. The maximum Gasteiger partial charge on any atom is 0.253 e. The molecule has 0 aliphatic carbocycles. The van der Waals surface area contributed by atoms with Crippen LogP contribution in [0.2, 0.25) is 0 Å². The number of nitrogens with one attached hydrogen (secondary N) is 1. The van der Waals surface area contributed by atoms with E-state index < -0.39 is 6.10 Å². The molecular weight excluding hydrogens is 282 g/mol. The molecule has 2 aliphatic rings. The van der Waals surface area contributed by atoms with Crippen molar-refractivity contribution in [3.8, 4) is 0 Å². The summed E-state index contributed by atoms with van der Waals surface area (Å²) in [7, 11) is 0. The van der Waals surface area contributed by atoms with Crippen LogP contribution in [0.4, 0.5) is 11.4 Å². The van der Waals surface area contributed by atoms with Crippen LogP contribution in [0.5, 0.6) is 0 Å². The van der Waals surface area contributed by atoms with Crippen molar-refractivity contribution in [1.29, 1.82) is 0 Å². The van der Waals surface area contributed by atoms with Gasteiger partial charge in [-0.05, 0) is 43.5 Å². The zero-order valence-corrected chi connectivity index (χ0v) is 12.5. The fraction of sp³-hybridized carbons (Fsp3) is 0.500. The van der Waals surface area contributed by atoms with Gasteiger partial charge in [-0.15, -0.1) is 0 Å². The number of amides is 2. The second-order valence-corrected chi connectivity index (χ2v) is 5.74. The largest absolute Gasteiger partial charge is 0.364 e. The quantitative estimate of drug-likeness (QED) is 0.877. The predicted molar refractivity (Wildman–Crippen MR) is 83.6 cm³/mol. The number of benzene rings is 1. The maximum absolute atomic E-state index is 12.1. The van der Waals surface area contributed by atoms with Gasteiger partial charge in [-0.3, -0.25) is 9.59 Å². The maximum atomic E-state index is 12.1. The molecule has 0 bridgehead atoms. The Kier molecular flexibility index (Phi) is 4.40. The van der Waals surface area contributed by atoms with Crippen molar-refractivity contribution in [2.24, 2.45) is 5.73 Å². The van der Waals surface area contributed by atoms with Gasteiger partial charge >= 0.3 is 0 Å². The van der Waals surface area contributed by atoms with Crippen LogP contribution >= 0.6 is 0 Å². The molecule has 2 amide bonds. The van der Waals surface area contributed by atoms with Crippen molar-refractivity contribution in [3.63, 3.8) is 0 Å². The van der Waals surface area contributed by atoms with Gasteiger partial charge in [-0.2, -0.15) is 0 Å². The SMILES string of the molecule is NC[C@H]1CC[C@@H](C(=O)Nc2ccc(N3CCCC3=O)cc2)O1. The fourth-order valence-electron chi connectivity index (χ4n) is 2.94. The number of carbonyl (C=O) groups is 2. The van der Waals surface area contributed by atoms with Gasteiger partial charge in [-0.25, -0.2) is 0 Å². The number of nitrogens with zero attached hydrogens (tertiary/aromatic N) is 1. The third kappa shape index (κ3) is 3.13. The monoisotopic (exact) mass is 303 g/mol. The van der Waals surface area contributed by atoms with E-state index in [0.717, 1.165) is 25.1 Å². The van der Waals surface area contributed by atoms with Crippen molar-refractivity contribution in [2.45, 2.75) is 37.9 Å². The topological polar surface area (TPSA) is 84.7 Å². The molecule has 0 unspecified atom stereocenters. The molecule has 2 heterocycles. The van der Waals surface area contributed by atoms with Gasteiger partial charge in [-0.1, -0.05) is 0 Å². The number of rotatable bonds is 4. The van der Waals surface area contributed by atoms with Crippen molar-refractivity contribution >= 4 is 23.2 Å². The molecule has 0 spiro atoms. The van der Waals surface area contributed by atoms with Crippen LogP contribution in [-0.2, 0) is 14.3 Å². The van der Waals surface area contributed by atoms with Crippen molar-refractivity contribution in [1.82, 2.24) is 0 Å². The summed E-state index contributed by atoms with van der Waals surface area (Å²) in [4.78, 5) is 25.6. The van der Waals surface area contributed by atoms with E-state index in [1.807, 2.05) is 24.3 Å². The molecule has 1 aromatic rings. The van der Waals surface area contributed by atoms with Gasteiger partial charge in [0.05, 0.1) is 6.10 Å². The van der Waals surface area contributed by atoms with Gasteiger partial charge < -0.3 is 20.7 Å². The Morgan fingerprint density at radius 3 is 2.68 bits per heavy atom. The minimum absolute atomic E-state index is 0.0145. The second kappa shape index (κ2) is 6.46. The smallest absolute Gasteiger partial charge is 0.253 e. The lowest BCUT2D eigenvalue weighted by molar-refractivity contribution is -0.126. The van der Waals surface area contributed by atoms with Crippen LogP contribution < -0.4 is 16.0 Å². The van der Waals surface area contributed by atoms with Crippen LogP contribution in [-0.4, -0.2) is 37.1 Å². The Morgan fingerprint density at radius 2 is 2.09 bits per heavy atom. The lowest BCUT2D eigenvalue weighted by Crippen LogP contribution is -2.29. The highest BCUT2D eigenvalue weighted by Gasteiger charge is 2.29. The highest BCUT2D eigenvalue weighted by Crippen LogP contribution is 2.24. The number of anilines is 2. The lowest BCUT2D eigenvalue weighted by Gasteiger charge is -2.17. The number of hydrogen-bond acceptors (Lipinski definition) is 4. The Balaban J connectivity index is 1.59.